The summed E-state index contributed by atoms with van der Waals surface area (Å²) in [6.07, 6.45) is -4.73. The minimum absolute atomic E-state index is 0.0386. The first-order chi connectivity index (χ1) is 12.4. The number of benzene rings is 1. The Labute approximate surface area is 148 Å². The van der Waals surface area contributed by atoms with Crippen molar-refractivity contribution in [2.75, 3.05) is 5.32 Å². The van der Waals surface area contributed by atoms with Gasteiger partial charge in [-0.3, -0.25) is 29.7 Å². The normalized spacial score (nSPS) is 11.3. The molecule has 0 radical (unpaired) electrons. The van der Waals surface area contributed by atoms with E-state index >= 15 is 0 Å². The van der Waals surface area contributed by atoms with Gasteiger partial charge in [-0.2, -0.15) is 18.3 Å². The zero-order valence-corrected chi connectivity index (χ0v) is 13.9. The smallest absolute Gasteiger partial charge is 0.324 e. The summed E-state index contributed by atoms with van der Waals surface area (Å²) < 4.78 is 39.2. The molecule has 0 unspecified atom stereocenters. The predicted octanol–water partition coefficient (Wildman–Crippen LogP) is 2.97. The molecule has 2 rings (SSSR count). The van der Waals surface area contributed by atoms with Crippen LogP contribution in [0.5, 0.6) is 0 Å². The molecule has 13 heteroatoms. The highest BCUT2D eigenvalue weighted by molar-refractivity contribution is 5.91. The summed E-state index contributed by atoms with van der Waals surface area (Å²) in [5.74, 6) is -0.990. The molecule has 1 N–H and O–H groups in total. The number of anilines is 1. The highest BCUT2D eigenvalue weighted by atomic mass is 19.4. The number of nitrogens with zero attached hydrogens (tertiary/aromatic N) is 4. The number of aryl methyl sites for hydroxylation is 1. The van der Waals surface area contributed by atoms with E-state index in [9.17, 15) is 38.2 Å². The van der Waals surface area contributed by atoms with Crippen molar-refractivity contribution in [3.63, 3.8) is 0 Å². The lowest BCUT2D eigenvalue weighted by molar-refractivity contribution is -0.395. The number of hydrogen-bond donors (Lipinski definition) is 1. The van der Waals surface area contributed by atoms with Crippen molar-refractivity contribution in [2.45, 2.75) is 26.6 Å². The van der Waals surface area contributed by atoms with Crippen molar-refractivity contribution in [1.82, 2.24) is 9.78 Å². The lowest BCUT2D eigenvalue weighted by Crippen LogP contribution is -2.23. The van der Waals surface area contributed by atoms with E-state index in [1.165, 1.54) is 13.8 Å². The van der Waals surface area contributed by atoms with Crippen LogP contribution in [0.2, 0.25) is 0 Å². The number of nitrogens with one attached hydrogen (secondary N) is 1. The highest BCUT2D eigenvalue weighted by Crippen LogP contribution is 2.32. The Hall–Kier alpha value is -3.51. The van der Waals surface area contributed by atoms with E-state index in [1.807, 2.05) is 0 Å². The van der Waals surface area contributed by atoms with Gasteiger partial charge in [-0.25, -0.2) is 0 Å². The van der Waals surface area contributed by atoms with Crippen LogP contribution in [0.15, 0.2) is 18.2 Å². The Bertz CT molecular complexity index is 903. The van der Waals surface area contributed by atoms with Crippen LogP contribution >= 0.6 is 0 Å². The second-order valence-electron chi connectivity index (χ2n) is 5.53. The third-order valence-corrected chi connectivity index (χ3v) is 3.52. The van der Waals surface area contributed by atoms with Crippen molar-refractivity contribution in [3.8, 4) is 0 Å². The van der Waals surface area contributed by atoms with Crippen molar-refractivity contribution in [3.05, 3.63) is 55.4 Å². The minimum atomic E-state index is -4.73. The van der Waals surface area contributed by atoms with Gasteiger partial charge in [-0.15, -0.1) is 0 Å². The molecule has 1 amide bonds. The van der Waals surface area contributed by atoms with Gasteiger partial charge in [-0.05, 0) is 19.9 Å². The van der Waals surface area contributed by atoms with E-state index in [0.717, 1.165) is 18.2 Å². The Morgan fingerprint density at radius 3 is 2.11 bits per heavy atom. The summed E-state index contributed by atoms with van der Waals surface area (Å²) >= 11 is 0. The summed E-state index contributed by atoms with van der Waals surface area (Å²) in [6, 6.07) is 2.54. The Morgan fingerprint density at radius 2 is 1.67 bits per heavy atom. The van der Waals surface area contributed by atoms with Crippen LogP contribution < -0.4 is 5.32 Å². The fourth-order valence-electron chi connectivity index (χ4n) is 2.37. The van der Waals surface area contributed by atoms with Gasteiger partial charge in [0.2, 0.25) is 5.91 Å². The molecule has 0 spiro atoms. The maximum atomic E-state index is 12.9. The summed E-state index contributed by atoms with van der Waals surface area (Å²) in [5.41, 5.74) is -2.82. The number of carbonyl (C=O) groups excluding carboxylic acids is 1. The lowest BCUT2D eigenvalue weighted by Gasteiger charge is -2.11. The molecular formula is C14H12F3N5O5. The second kappa shape index (κ2) is 7.01. The first-order valence-corrected chi connectivity index (χ1v) is 7.25. The van der Waals surface area contributed by atoms with E-state index in [0.29, 0.717) is 4.68 Å². The number of nitro groups is 2. The van der Waals surface area contributed by atoms with Crippen LogP contribution in [0, 0.1) is 34.1 Å². The molecule has 0 saturated carbocycles. The number of aromatic nitrogens is 2. The van der Waals surface area contributed by atoms with Crippen molar-refractivity contribution in [1.29, 1.82) is 0 Å². The van der Waals surface area contributed by atoms with Crippen LogP contribution in [0.4, 0.5) is 30.2 Å². The quantitative estimate of drug-likeness (QED) is 0.619. The summed E-state index contributed by atoms with van der Waals surface area (Å²) in [4.78, 5) is 32.3. The maximum Gasteiger partial charge on any atom is 0.433 e. The van der Waals surface area contributed by atoms with Crippen LogP contribution in [0.1, 0.15) is 17.0 Å². The first kappa shape index (κ1) is 19.8. The van der Waals surface area contributed by atoms with E-state index in [-0.39, 0.29) is 16.9 Å². The van der Waals surface area contributed by atoms with E-state index in [4.69, 9.17) is 0 Å². The molecule has 0 atom stereocenters. The predicted molar refractivity (Wildman–Crippen MR) is 85.1 cm³/mol. The Balaban J connectivity index is 2.32. The van der Waals surface area contributed by atoms with Gasteiger partial charge in [0, 0.05) is 12.1 Å². The van der Waals surface area contributed by atoms with E-state index < -0.39 is 45.5 Å². The van der Waals surface area contributed by atoms with Gasteiger partial charge in [0.25, 0.3) is 11.4 Å². The fraction of sp³-hybridized carbons (Fsp3) is 0.286. The SMILES string of the molecule is Cc1cc(C(F)(F)F)n(CC(=O)Nc2cc([N+](=O)[O-])c(C)c([N+](=O)[O-])c2)n1. The molecule has 1 aromatic carbocycles. The molecule has 0 aliphatic rings. The highest BCUT2D eigenvalue weighted by Gasteiger charge is 2.36. The van der Waals surface area contributed by atoms with Crippen LogP contribution in [-0.2, 0) is 17.5 Å². The van der Waals surface area contributed by atoms with E-state index in [1.54, 1.807) is 0 Å². The van der Waals surface area contributed by atoms with Gasteiger partial charge >= 0.3 is 6.18 Å². The number of carbonyl (C=O) groups is 1. The molecule has 2 aromatic rings. The molecule has 1 aromatic heterocycles. The second-order valence-corrected chi connectivity index (χ2v) is 5.53. The van der Waals surface area contributed by atoms with Gasteiger partial charge in [0.05, 0.1) is 21.2 Å². The number of rotatable bonds is 5. The summed E-state index contributed by atoms with van der Waals surface area (Å²) in [7, 11) is 0. The molecule has 27 heavy (non-hydrogen) atoms. The van der Waals surface area contributed by atoms with Crippen LogP contribution in [0.25, 0.3) is 0 Å². The van der Waals surface area contributed by atoms with Crippen LogP contribution in [-0.4, -0.2) is 25.5 Å². The van der Waals surface area contributed by atoms with Crippen molar-refractivity contribution < 1.29 is 27.8 Å². The van der Waals surface area contributed by atoms with Gasteiger partial charge in [0.1, 0.15) is 17.8 Å². The number of nitro benzene ring substituents is 2. The number of halogens is 3. The maximum absolute atomic E-state index is 12.9. The molecule has 0 fully saturated rings. The summed E-state index contributed by atoms with van der Waals surface area (Å²) in [6.45, 7) is 1.65. The zero-order chi connectivity index (χ0) is 20.5. The van der Waals surface area contributed by atoms with Crippen LogP contribution in [0.3, 0.4) is 0 Å². The number of alkyl halides is 3. The lowest BCUT2D eigenvalue weighted by atomic mass is 10.1. The van der Waals surface area contributed by atoms with Gasteiger partial charge in [0.15, 0.2) is 0 Å². The average Bonchev–Trinajstić information content (AvgIpc) is 2.88. The first-order valence-electron chi connectivity index (χ1n) is 7.25. The average molecular weight is 387 g/mol. The number of hydrogen-bond acceptors (Lipinski definition) is 6. The monoisotopic (exact) mass is 387 g/mol. The fourth-order valence-corrected chi connectivity index (χ4v) is 2.37. The van der Waals surface area contributed by atoms with Gasteiger partial charge in [-0.1, -0.05) is 0 Å². The molecule has 0 bridgehead atoms. The molecule has 10 nitrogen and oxygen atoms in total. The largest absolute Gasteiger partial charge is 0.433 e. The van der Waals surface area contributed by atoms with Crippen molar-refractivity contribution in [2.24, 2.45) is 0 Å². The van der Waals surface area contributed by atoms with Gasteiger partial charge < -0.3 is 5.32 Å². The molecule has 1 heterocycles. The zero-order valence-electron chi connectivity index (χ0n) is 13.9. The summed E-state index contributed by atoms with van der Waals surface area (Å²) in [5, 5.41) is 27.7. The molecule has 144 valence electrons. The third kappa shape index (κ3) is 4.37. The minimum Gasteiger partial charge on any atom is -0.324 e. The Morgan fingerprint density at radius 1 is 1.15 bits per heavy atom. The molecular weight excluding hydrogens is 375 g/mol. The standard InChI is InChI=1S/C14H12F3N5O5/c1-7-3-12(14(15,16)17)20(19-7)6-13(23)18-9-4-10(21(24)25)8(2)11(5-9)22(26)27/h3-5H,6H2,1-2H3,(H,18,23). The Kier molecular flexibility index (Phi) is 5.14. The molecule has 0 aliphatic heterocycles. The molecule has 0 saturated heterocycles. The number of amides is 1. The molecule has 0 aliphatic carbocycles. The van der Waals surface area contributed by atoms with E-state index in [2.05, 4.69) is 10.4 Å². The van der Waals surface area contributed by atoms with Crippen molar-refractivity contribution >= 4 is 23.0 Å². The topological polar surface area (TPSA) is 133 Å². The third-order valence-electron chi connectivity index (χ3n) is 3.52.